The molecule has 0 saturated carbocycles. The summed E-state index contributed by atoms with van der Waals surface area (Å²) in [6, 6.07) is 4.85. The molecule has 0 radical (unpaired) electrons. The highest BCUT2D eigenvalue weighted by atomic mass is 32.2. The highest BCUT2D eigenvalue weighted by molar-refractivity contribution is 8.15. The van der Waals surface area contributed by atoms with Gasteiger partial charge in [-0.05, 0) is 17.7 Å². The number of carboxylic acid groups (broad SMARTS) is 1. The Morgan fingerprint density at radius 2 is 2.19 bits per heavy atom. The fourth-order valence-electron chi connectivity index (χ4n) is 1.75. The molecule has 0 spiro atoms. The van der Waals surface area contributed by atoms with Crippen LogP contribution in [0.4, 0.5) is 17.6 Å². The molecule has 2 rings (SSSR count). The molecule has 0 bridgehead atoms. The largest absolute Gasteiger partial charge is 0.481 e. The van der Waals surface area contributed by atoms with Crippen molar-refractivity contribution in [3.63, 3.8) is 0 Å². The molecule has 140 valence electrons. The van der Waals surface area contributed by atoms with E-state index in [2.05, 4.69) is 20.3 Å². The molecule has 1 aliphatic heterocycles. The van der Waals surface area contributed by atoms with Crippen molar-refractivity contribution in [3.8, 4) is 5.75 Å². The summed E-state index contributed by atoms with van der Waals surface area (Å²) in [6.45, 7) is 0. The third-order valence-corrected chi connectivity index (χ3v) is 3.93. The summed E-state index contributed by atoms with van der Waals surface area (Å²) in [6.07, 6.45) is -7.86. The van der Waals surface area contributed by atoms with Gasteiger partial charge in [-0.1, -0.05) is 23.9 Å². The number of benzene rings is 1. The van der Waals surface area contributed by atoms with E-state index >= 15 is 0 Å². The minimum absolute atomic E-state index is 0.0779. The summed E-state index contributed by atoms with van der Waals surface area (Å²) < 4.78 is 53.9. The molecule has 1 saturated heterocycles. The topological polar surface area (TPSA) is 100 Å². The lowest BCUT2D eigenvalue weighted by molar-refractivity contribution is -0.253. The van der Waals surface area contributed by atoms with E-state index in [1.807, 2.05) is 0 Å². The molecule has 0 aromatic heterocycles. The van der Waals surface area contributed by atoms with E-state index in [0.717, 1.165) is 30.1 Å². The molecule has 1 amide bonds. The first-order valence-electron chi connectivity index (χ1n) is 6.93. The Kier molecular flexibility index (Phi) is 6.18. The first kappa shape index (κ1) is 19.7. The molecule has 1 fully saturated rings. The number of nitrogens with one attached hydrogen (secondary N) is 1. The van der Waals surface area contributed by atoms with Gasteiger partial charge in [-0.3, -0.25) is 9.59 Å². The van der Waals surface area contributed by atoms with Gasteiger partial charge in [0, 0.05) is 0 Å². The number of amidine groups is 1. The van der Waals surface area contributed by atoms with Crippen LogP contribution in [0.2, 0.25) is 0 Å². The second-order valence-corrected chi connectivity index (χ2v) is 6.07. The molecule has 1 heterocycles. The molecule has 0 unspecified atom stereocenters. The van der Waals surface area contributed by atoms with Crippen molar-refractivity contribution in [2.24, 2.45) is 10.2 Å². The number of nitrogens with zero attached hydrogens (tertiary/aromatic N) is 2. The monoisotopic (exact) mass is 393 g/mol. The number of carbonyl (C=O) groups excluding carboxylic acids is 1. The highest BCUT2D eigenvalue weighted by Gasteiger charge is 2.43. The zero-order chi connectivity index (χ0) is 19.3. The van der Waals surface area contributed by atoms with E-state index in [1.54, 1.807) is 0 Å². The number of thioether (sulfide) groups is 1. The van der Waals surface area contributed by atoms with Gasteiger partial charge in [-0.15, -0.1) is 5.10 Å². The van der Waals surface area contributed by atoms with Gasteiger partial charge in [-0.2, -0.15) is 22.7 Å². The Labute approximate surface area is 148 Å². The second kappa shape index (κ2) is 8.17. The zero-order valence-corrected chi connectivity index (χ0v) is 13.6. The summed E-state index contributed by atoms with van der Waals surface area (Å²) in [5, 5.41) is 17.6. The van der Waals surface area contributed by atoms with Crippen molar-refractivity contribution in [1.82, 2.24) is 5.32 Å². The van der Waals surface area contributed by atoms with E-state index in [0.29, 0.717) is 0 Å². The minimum Gasteiger partial charge on any atom is -0.481 e. The van der Waals surface area contributed by atoms with Gasteiger partial charge in [0.1, 0.15) is 11.0 Å². The lowest BCUT2D eigenvalue weighted by atomic mass is 10.2. The van der Waals surface area contributed by atoms with Gasteiger partial charge >= 0.3 is 18.5 Å². The van der Waals surface area contributed by atoms with Crippen LogP contribution in [0.25, 0.3) is 0 Å². The Morgan fingerprint density at radius 3 is 2.85 bits per heavy atom. The summed E-state index contributed by atoms with van der Waals surface area (Å²) in [5.74, 6) is -2.15. The molecular weight excluding hydrogens is 382 g/mol. The van der Waals surface area contributed by atoms with Gasteiger partial charge in [0.2, 0.25) is 5.91 Å². The Morgan fingerprint density at radius 1 is 1.46 bits per heavy atom. The number of ether oxygens (including phenoxy) is 1. The number of hydrogen-bond donors (Lipinski definition) is 2. The van der Waals surface area contributed by atoms with Crippen LogP contribution in [0.15, 0.2) is 34.5 Å². The Balaban J connectivity index is 2.02. The van der Waals surface area contributed by atoms with E-state index in [4.69, 9.17) is 5.11 Å². The maximum Gasteiger partial charge on any atom is 0.461 e. The number of rotatable bonds is 7. The molecule has 0 aliphatic carbocycles. The normalized spacial score (nSPS) is 19.3. The average molecular weight is 393 g/mol. The minimum atomic E-state index is -4.63. The van der Waals surface area contributed by atoms with Crippen molar-refractivity contribution in [2.45, 2.75) is 24.2 Å². The van der Waals surface area contributed by atoms with Crippen LogP contribution in [0.5, 0.6) is 5.75 Å². The third-order valence-electron chi connectivity index (χ3n) is 2.86. The van der Waals surface area contributed by atoms with Crippen LogP contribution in [0, 0.1) is 0 Å². The second-order valence-electron chi connectivity index (χ2n) is 4.88. The molecule has 26 heavy (non-hydrogen) atoms. The quantitative estimate of drug-likeness (QED) is 0.421. The number of aliphatic carboxylic acids is 1. The predicted molar refractivity (Wildman–Crippen MR) is 84.8 cm³/mol. The maximum absolute atomic E-state index is 12.9. The van der Waals surface area contributed by atoms with Crippen LogP contribution in [-0.2, 0) is 9.59 Å². The van der Waals surface area contributed by atoms with Crippen molar-refractivity contribution in [2.75, 3.05) is 0 Å². The van der Waals surface area contributed by atoms with Gasteiger partial charge in [0.05, 0.1) is 12.6 Å². The maximum atomic E-state index is 12.9. The fourth-order valence-corrected chi connectivity index (χ4v) is 2.67. The molecular formula is C14H11F4N3O4S. The molecule has 1 aliphatic rings. The number of carboxylic acids is 1. The van der Waals surface area contributed by atoms with Crippen molar-refractivity contribution in [1.29, 1.82) is 0 Å². The zero-order valence-electron chi connectivity index (χ0n) is 12.7. The Hall–Kier alpha value is -2.63. The SMILES string of the molecule is O=C(O)C[C@@H]1S/C(=N\N=C/c2cccc(OC(F)(F)C(F)F)c2)NC1=O. The smallest absolute Gasteiger partial charge is 0.461 e. The van der Waals surface area contributed by atoms with Crippen molar-refractivity contribution < 1.29 is 37.0 Å². The highest BCUT2D eigenvalue weighted by Crippen LogP contribution is 2.27. The summed E-state index contributed by atoms with van der Waals surface area (Å²) in [7, 11) is 0. The predicted octanol–water partition coefficient (Wildman–Crippen LogP) is 2.32. The van der Waals surface area contributed by atoms with Gasteiger partial charge in [0.25, 0.3) is 0 Å². The first-order chi connectivity index (χ1) is 12.2. The Bertz CT molecular complexity index is 757. The lowest BCUT2D eigenvalue weighted by Crippen LogP contribution is -2.33. The number of amides is 1. The molecule has 12 heteroatoms. The van der Waals surface area contributed by atoms with E-state index in [1.165, 1.54) is 12.1 Å². The molecule has 1 aromatic carbocycles. The molecule has 2 N–H and O–H groups in total. The van der Waals surface area contributed by atoms with Crippen LogP contribution in [0.3, 0.4) is 0 Å². The van der Waals surface area contributed by atoms with Crippen LogP contribution < -0.4 is 10.1 Å². The lowest BCUT2D eigenvalue weighted by Gasteiger charge is -2.16. The van der Waals surface area contributed by atoms with E-state index in [9.17, 15) is 27.2 Å². The van der Waals surface area contributed by atoms with E-state index in [-0.39, 0.29) is 17.2 Å². The number of carbonyl (C=O) groups is 2. The van der Waals surface area contributed by atoms with Crippen LogP contribution >= 0.6 is 11.8 Å². The summed E-state index contributed by atoms with van der Waals surface area (Å²) in [5.41, 5.74) is 0.230. The third kappa shape index (κ3) is 5.44. The van der Waals surface area contributed by atoms with Crippen LogP contribution in [0.1, 0.15) is 12.0 Å². The standard InChI is InChI=1S/C14H11F4N3O4S/c15-12(16)14(17,18)25-8-3-1-2-7(4-8)6-19-21-13-20-11(24)9(26-13)5-10(22)23/h1-4,6,9,12H,5H2,(H,22,23)(H,20,21,24)/b19-6-/t9-/m0/s1. The molecule has 1 atom stereocenters. The first-order valence-corrected chi connectivity index (χ1v) is 7.80. The van der Waals surface area contributed by atoms with E-state index < -0.39 is 35.4 Å². The number of halogens is 4. The van der Waals surface area contributed by atoms with Crippen LogP contribution in [-0.4, -0.2) is 46.1 Å². The number of alkyl halides is 4. The van der Waals surface area contributed by atoms with Crippen molar-refractivity contribution >= 4 is 35.0 Å². The summed E-state index contributed by atoms with van der Waals surface area (Å²) >= 11 is 0.884. The van der Waals surface area contributed by atoms with Gasteiger partial charge in [0.15, 0.2) is 5.17 Å². The van der Waals surface area contributed by atoms with Gasteiger partial charge in [-0.25, -0.2) is 0 Å². The van der Waals surface area contributed by atoms with Gasteiger partial charge < -0.3 is 15.2 Å². The van der Waals surface area contributed by atoms with Crippen molar-refractivity contribution in [3.05, 3.63) is 29.8 Å². The molecule has 1 aromatic rings. The molecule has 7 nitrogen and oxygen atoms in total. The fraction of sp³-hybridized carbons (Fsp3) is 0.286. The number of hydrogen-bond acceptors (Lipinski definition) is 6. The summed E-state index contributed by atoms with van der Waals surface area (Å²) in [4.78, 5) is 22.1. The average Bonchev–Trinajstić information content (AvgIpc) is 2.86.